The predicted molar refractivity (Wildman–Crippen MR) is 152 cm³/mol. The Morgan fingerprint density at radius 2 is 1.97 bits per heavy atom. The zero-order valence-electron chi connectivity index (χ0n) is 23.3. The number of hydrogen-bond donors (Lipinski definition) is 3. The first-order chi connectivity index (χ1) is 18.7. The second kappa shape index (κ2) is 11.2. The van der Waals surface area contributed by atoms with Crippen LogP contribution in [0, 0.1) is 40.4 Å². The molecule has 0 aliphatic heterocycles. The predicted octanol–water partition coefficient (Wildman–Crippen LogP) is 5.46. The smallest absolute Gasteiger partial charge is 0.407 e. The number of amides is 1. The van der Waals surface area contributed by atoms with Gasteiger partial charge in [0, 0.05) is 31.4 Å². The van der Waals surface area contributed by atoms with Gasteiger partial charge in [0.05, 0.1) is 6.20 Å². The third kappa shape index (κ3) is 6.40. The highest BCUT2D eigenvalue weighted by Crippen LogP contribution is 2.62. The average Bonchev–Trinajstić information content (AvgIpc) is 2.89. The second-order valence-electron chi connectivity index (χ2n) is 12.5. The summed E-state index contributed by atoms with van der Waals surface area (Å²) in [6, 6.07) is 6.21. The lowest BCUT2D eigenvalue weighted by Gasteiger charge is -2.60. The standard InChI is InChI=1S/C29H39N7O2S/c1-28(2,3)38-27(37)34-16-23-20-8-18-9-21(23)12-29(10-18,11-20)17-35-24-22(13-30)15-33-26(36-24)32-14-19-6-5-7-31-25(19)39-4/h5-7,15,18,20-21,23H,8-12,14,16-17H2,1-4H3,(H,34,37)(H2,32,33,35,36)/t18?,20-,21+,23?,29?. The molecular weight excluding hydrogens is 510 g/mol. The molecular formula is C29H39N7O2S. The third-order valence-corrected chi connectivity index (χ3v) is 9.25. The number of carbonyl (C=O) groups is 1. The normalized spacial score (nSPS) is 27.1. The van der Waals surface area contributed by atoms with Gasteiger partial charge in [-0.15, -0.1) is 11.8 Å². The molecule has 3 N–H and O–H groups in total. The number of carbonyl (C=O) groups excluding carboxylic acids is 1. The number of pyridine rings is 1. The van der Waals surface area contributed by atoms with E-state index in [0.717, 1.165) is 35.9 Å². The van der Waals surface area contributed by atoms with Gasteiger partial charge in [0.15, 0.2) is 0 Å². The summed E-state index contributed by atoms with van der Waals surface area (Å²) in [6.07, 6.45) is 11.1. The van der Waals surface area contributed by atoms with Crippen LogP contribution in [-0.2, 0) is 11.3 Å². The first kappa shape index (κ1) is 27.5. The number of thioether (sulfide) groups is 1. The Balaban J connectivity index is 1.21. The van der Waals surface area contributed by atoms with E-state index in [1.807, 2.05) is 39.2 Å². The summed E-state index contributed by atoms with van der Waals surface area (Å²) in [5.41, 5.74) is 1.25. The molecule has 4 fully saturated rings. The fourth-order valence-corrected chi connectivity index (χ4v) is 7.80. The Bertz CT molecular complexity index is 1220. The molecule has 4 saturated carbocycles. The van der Waals surface area contributed by atoms with Crippen LogP contribution in [0.1, 0.15) is 64.0 Å². The number of nitrogens with one attached hydrogen (secondary N) is 3. The monoisotopic (exact) mass is 549 g/mol. The van der Waals surface area contributed by atoms with Crippen LogP contribution in [0.25, 0.3) is 0 Å². The summed E-state index contributed by atoms with van der Waals surface area (Å²) in [5, 5.41) is 20.6. The van der Waals surface area contributed by atoms with Gasteiger partial charge in [-0.3, -0.25) is 0 Å². The summed E-state index contributed by atoms with van der Waals surface area (Å²) in [4.78, 5) is 25.7. The summed E-state index contributed by atoms with van der Waals surface area (Å²) in [6.45, 7) is 7.72. The van der Waals surface area contributed by atoms with Crippen LogP contribution in [-0.4, -0.2) is 46.0 Å². The molecule has 0 spiro atoms. The van der Waals surface area contributed by atoms with Gasteiger partial charge in [-0.2, -0.15) is 10.2 Å². The topological polar surface area (TPSA) is 125 Å². The highest BCUT2D eigenvalue weighted by Gasteiger charge is 2.55. The molecule has 1 amide bonds. The number of aromatic nitrogens is 3. The minimum atomic E-state index is -0.487. The summed E-state index contributed by atoms with van der Waals surface area (Å²) >= 11 is 1.61. The van der Waals surface area contributed by atoms with Crippen molar-refractivity contribution in [3.63, 3.8) is 0 Å². The zero-order chi connectivity index (χ0) is 27.6. The van der Waals surface area contributed by atoms with Crippen LogP contribution in [0.5, 0.6) is 0 Å². The summed E-state index contributed by atoms with van der Waals surface area (Å²) in [5.74, 6) is 3.54. The van der Waals surface area contributed by atoms with Crippen molar-refractivity contribution in [1.29, 1.82) is 5.26 Å². The van der Waals surface area contributed by atoms with Gasteiger partial charge >= 0.3 is 6.09 Å². The maximum atomic E-state index is 12.3. The van der Waals surface area contributed by atoms with E-state index in [0.29, 0.717) is 48.2 Å². The Morgan fingerprint density at radius 3 is 2.67 bits per heavy atom. The molecule has 0 saturated heterocycles. The maximum Gasteiger partial charge on any atom is 0.407 e. The highest BCUT2D eigenvalue weighted by atomic mass is 32.2. The molecule has 10 heteroatoms. The molecule has 5 atom stereocenters. The fraction of sp³-hybridized carbons (Fsp3) is 0.621. The minimum Gasteiger partial charge on any atom is -0.444 e. The van der Waals surface area contributed by atoms with Crippen LogP contribution >= 0.6 is 11.8 Å². The van der Waals surface area contributed by atoms with Crippen LogP contribution in [0.4, 0.5) is 16.6 Å². The van der Waals surface area contributed by atoms with E-state index in [1.165, 1.54) is 19.3 Å². The van der Waals surface area contributed by atoms with Crippen LogP contribution in [0.3, 0.4) is 0 Å². The Morgan fingerprint density at radius 1 is 1.21 bits per heavy atom. The van der Waals surface area contributed by atoms with Gasteiger partial charge in [0.1, 0.15) is 28.1 Å². The largest absolute Gasteiger partial charge is 0.444 e. The lowest BCUT2D eigenvalue weighted by Crippen LogP contribution is -2.55. The van der Waals surface area contributed by atoms with Crippen molar-refractivity contribution in [1.82, 2.24) is 20.3 Å². The molecule has 0 aromatic carbocycles. The highest BCUT2D eigenvalue weighted by molar-refractivity contribution is 7.98. The maximum absolute atomic E-state index is 12.3. The Hall–Kier alpha value is -3.06. The van der Waals surface area contributed by atoms with E-state index in [9.17, 15) is 10.1 Å². The van der Waals surface area contributed by atoms with Crippen LogP contribution < -0.4 is 16.0 Å². The van der Waals surface area contributed by atoms with E-state index < -0.39 is 5.60 Å². The molecule has 2 aromatic rings. The number of alkyl carbamates (subject to hydrolysis) is 1. The second-order valence-corrected chi connectivity index (χ2v) is 13.3. The molecule has 4 aliphatic rings. The van der Waals surface area contributed by atoms with Gasteiger partial charge in [0.25, 0.3) is 0 Å². The van der Waals surface area contributed by atoms with Crippen molar-refractivity contribution < 1.29 is 9.53 Å². The molecule has 0 radical (unpaired) electrons. The van der Waals surface area contributed by atoms with E-state index in [4.69, 9.17) is 4.74 Å². The van der Waals surface area contributed by atoms with Gasteiger partial charge in [0.2, 0.25) is 5.95 Å². The molecule has 2 aromatic heterocycles. The van der Waals surface area contributed by atoms with Crippen molar-refractivity contribution in [3.8, 4) is 6.07 Å². The first-order valence-corrected chi connectivity index (χ1v) is 15.1. The van der Waals surface area contributed by atoms with Gasteiger partial charge in [-0.1, -0.05) is 6.07 Å². The zero-order valence-corrected chi connectivity index (χ0v) is 24.1. The Labute approximate surface area is 235 Å². The minimum absolute atomic E-state index is 0.202. The SMILES string of the molecule is CSc1ncccc1CNc1ncc(C#N)c(NCC23CC4C[C@H](C2)C(CNC(=O)OC(C)(C)C)[C@@H](C4)C3)n1. The third-order valence-electron chi connectivity index (χ3n) is 8.50. The van der Waals surface area contributed by atoms with Crippen molar-refractivity contribution in [3.05, 3.63) is 35.7 Å². The first-order valence-electron chi connectivity index (χ1n) is 13.9. The molecule has 2 heterocycles. The number of nitriles is 1. The molecule has 208 valence electrons. The molecule has 4 bridgehead atoms. The fourth-order valence-electron chi connectivity index (χ4n) is 7.23. The quantitative estimate of drug-likeness (QED) is 0.350. The van der Waals surface area contributed by atoms with Crippen molar-refractivity contribution in [2.45, 2.75) is 70.0 Å². The summed E-state index contributed by atoms with van der Waals surface area (Å²) < 4.78 is 5.47. The van der Waals surface area contributed by atoms with E-state index >= 15 is 0 Å². The summed E-state index contributed by atoms with van der Waals surface area (Å²) in [7, 11) is 0. The van der Waals surface area contributed by atoms with Crippen molar-refractivity contribution in [2.24, 2.45) is 29.1 Å². The van der Waals surface area contributed by atoms with E-state index in [1.54, 1.807) is 24.2 Å². The van der Waals surface area contributed by atoms with E-state index in [-0.39, 0.29) is 11.5 Å². The number of ether oxygens (including phenoxy) is 1. The number of hydrogen-bond acceptors (Lipinski definition) is 9. The van der Waals surface area contributed by atoms with E-state index in [2.05, 4.69) is 37.0 Å². The average molecular weight is 550 g/mol. The van der Waals surface area contributed by atoms with Crippen LogP contribution in [0.15, 0.2) is 29.6 Å². The van der Waals surface area contributed by atoms with Crippen LogP contribution in [0.2, 0.25) is 0 Å². The molecule has 3 unspecified atom stereocenters. The van der Waals surface area contributed by atoms with Crippen molar-refractivity contribution >= 4 is 29.6 Å². The molecule has 4 aliphatic carbocycles. The lowest BCUT2D eigenvalue weighted by atomic mass is 9.46. The van der Waals surface area contributed by atoms with Crippen molar-refractivity contribution in [2.75, 3.05) is 30.0 Å². The lowest BCUT2D eigenvalue weighted by molar-refractivity contribution is -0.0874. The number of nitrogens with zero attached hydrogens (tertiary/aromatic N) is 4. The molecule has 9 nitrogen and oxygen atoms in total. The molecule has 39 heavy (non-hydrogen) atoms. The van der Waals surface area contributed by atoms with Gasteiger partial charge in [-0.05, 0) is 94.3 Å². The van der Waals surface area contributed by atoms with Gasteiger partial charge in [-0.25, -0.2) is 14.8 Å². The molecule has 6 rings (SSSR count). The number of rotatable bonds is 9. The Kier molecular flexibility index (Phi) is 7.90. The number of anilines is 2. The van der Waals surface area contributed by atoms with Gasteiger partial charge < -0.3 is 20.7 Å².